The Hall–Kier alpha value is -2.78. The number of H-pyrrole nitrogens is 1. The van der Waals surface area contributed by atoms with Crippen LogP contribution in [0.2, 0.25) is 0 Å². The Morgan fingerprint density at radius 2 is 1.91 bits per heavy atom. The monoisotopic (exact) mass is 434 g/mol. The summed E-state index contributed by atoms with van der Waals surface area (Å²) < 4.78 is 5.46. The summed E-state index contributed by atoms with van der Waals surface area (Å²) in [6.45, 7) is 7.55. The van der Waals surface area contributed by atoms with Gasteiger partial charge in [0.2, 0.25) is 0 Å². The molecule has 3 fully saturated rings. The van der Waals surface area contributed by atoms with Crippen LogP contribution in [0.1, 0.15) is 24.8 Å². The van der Waals surface area contributed by atoms with Crippen molar-refractivity contribution in [3.63, 3.8) is 0 Å². The molecule has 3 aliphatic heterocycles. The Balaban J connectivity index is 1.18. The molecule has 6 heterocycles. The van der Waals surface area contributed by atoms with Gasteiger partial charge in [0.15, 0.2) is 11.5 Å². The Morgan fingerprint density at radius 3 is 2.78 bits per heavy atom. The number of hydrogen-bond donors (Lipinski definition) is 1. The van der Waals surface area contributed by atoms with E-state index < -0.39 is 0 Å². The number of nitrogens with zero attached hydrogens (tertiary/aromatic N) is 7. The molecule has 6 rings (SSSR count). The van der Waals surface area contributed by atoms with Crippen LogP contribution in [0.25, 0.3) is 11.2 Å². The van der Waals surface area contributed by atoms with E-state index in [-0.39, 0.29) is 0 Å². The molecule has 9 heteroatoms. The van der Waals surface area contributed by atoms with E-state index in [0.29, 0.717) is 12.0 Å². The maximum atomic E-state index is 5.46. The van der Waals surface area contributed by atoms with Gasteiger partial charge in [0, 0.05) is 45.0 Å². The number of likely N-dealkylation sites (tertiary alicyclic amines) is 1. The van der Waals surface area contributed by atoms with Gasteiger partial charge in [0.25, 0.3) is 0 Å². The molecule has 0 bridgehead atoms. The Kier molecular flexibility index (Phi) is 5.36. The molecule has 32 heavy (non-hydrogen) atoms. The van der Waals surface area contributed by atoms with Crippen LogP contribution >= 0.6 is 0 Å². The second-order valence-corrected chi connectivity index (χ2v) is 9.12. The van der Waals surface area contributed by atoms with Gasteiger partial charge in [-0.1, -0.05) is 12.5 Å². The van der Waals surface area contributed by atoms with Gasteiger partial charge in [-0.05, 0) is 36.9 Å². The molecule has 0 amide bonds. The Bertz CT molecular complexity index is 1050. The molecule has 0 saturated carbocycles. The van der Waals surface area contributed by atoms with Crippen molar-refractivity contribution in [2.45, 2.75) is 31.8 Å². The number of ether oxygens (including phenoxy) is 1. The summed E-state index contributed by atoms with van der Waals surface area (Å²) in [5.41, 5.74) is 2.97. The standard InChI is InChI=1S/C23H30N8O/c1-2-6-30(12-17-4-5-20(24-11-17)29-7-9-32-10-8-29)19-14-31(13-18(19)3-1)23-21-22(26-15-25-21)27-16-28-23/h4-5,11,15-16,18-19H,1-3,6-10,12-14H2,(H,25,26,27,28)/t18-,19+/m0/s1. The summed E-state index contributed by atoms with van der Waals surface area (Å²) in [5.74, 6) is 2.70. The third kappa shape index (κ3) is 3.80. The summed E-state index contributed by atoms with van der Waals surface area (Å²) in [6.07, 6.45) is 9.25. The molecule has 0 aliphatic carbocycles. The Morgan fingerprint density at radius 1 is 0.969 bits per heavy atom. The first-order chi connectivity index (χ1) is 15.8. The highest BCUT2D eigenvalue weighted by molar-refractivity contribution is 5.82. The van der Waals surface area contributed by atoms with Gasteiger partial charge in [-0.2, -0.15) is 0 Å². The average Bonchev–Trinajstić information content (AvgIpc) is 3.45. The van der Waals surface area contributed by atoms with Crippen molar-refractivity contribution in [2.75, 3.05) is 55.7 Å². The lowest BCUT2D eigenvalue weighted by atomic mass is 9.98. The lowest BCUT2D eigenvalue weighted by molar-refractivity contribution is 0.122. The van der Waals surface area contributed by atoms with Gasteiger partial charge in [0.1, 0.15) is 17.7 Å². The highest BCUT2D eigenvalue weighted by Crippen LogP contribution is 2.34. The van der Waals surface area contributed by atoms with Crippen LogP contribution in [0.15, 0.2) is 31.0 Å². The second kappa shape index (κ2) is 8.63. The number of hydrogen-bond acceptors (Lipinski definition) is 8. The molecule has 3 aliphatic rings. The minimum atomic E-state index is 0.532. The number of aromatic amines is 1. The van der Waals surface area contributed by atoms with Gasteiger partial charge in [-0.15, -0.1) is 0 Å². The molecule has 3 saturated heterocycles. The van der Waals surface area contributed by atoms with E-state index in [1.807, 2.05) is 0 Å². The van der Waals surface area contributed by atoms with Crippen molar-refractivity contribution in [2.24, 2.45) is 5.92 Å². The molecule has 3 aromatic heterocycles. The number of anilines is 2. The summed E-state index contributed by atoms with van der Waals surface area (Å²) >= 11 is 0. The van der Waals surface area contributed by atoms with Crippen molar-refractivity contribution in [1.29, 1.82) is 0 Å². The zero-order chi connectivity index (χ0) is 21.3. The van der Waals surface area contributed by atoms with Crippen LogP contribution in [0.4, 0.5) is 11.6 Å². The van der Waals surface area contributed by atoms with Crippen molar-refractivity contribution in [1.82, 2.24) is 29.8 Å². The topological polar surface area (TPSA) is 86.3 Å². The van der Waals surface area contributed by atoms with Gasteiger partial charge >= 0.3 is 0 Å². The van der Waals surface area contributed by atoms with Crippen LogP contribution in [0, 0.1) is 5.92 Å². The smallest absolute Gasteiger partial charge is 0.182 e. The molecular weight excluding hydrogens is 404 g/mol. The van der Waals surface area contributed by atoms with Crippen LogP contribution in [0.5, 0.6) is 0 Å². The van der Waals surface area contributed by atoms with E-state index in [9.17, 15) is 0 Å². The van der Waals surface area contributed by atoms with Gasteiger partial charge in [-0.25, -0.2) is 19.9 Å². The predicted octanol–water partition coefficient (Wildman–Crippen LogP) is 2.08. The second-order valence-electron chi connectivity index (χ2n) is 9.12. The first-order valence-electron chi connectivity index (χ1n) is 11.8. The first kappa shape index (κ1) is 19.9. The molecule has 168 valence electrons. The molecule has 0 spiro atoms. The third-order valence-electron chi connectivity index (χ3n) is 7.18. The number of fused-ring (bicyclic) bond motifs is 2. The fraction of sp³-hybridized carbons (Fsp3) is 0.565. The zero-order valence-corrected chi connectivity index (χ0v) is 18.4. The van der Waals surface area contributed by atoms with E-state index in [1.54, 1.807) is 12.7 Å². The van der Waals surface area contributed by atoms with E-state index in [2.05, 4.69) is 53.0 Å². The van der Waals surface area contributed by atoms with E-state index in [1.165, 1.54) is 24.8 Å². The fourth-order valence-electron chi connectivity index (χ4n) is 5.52. The number of morpholine rings is 1. The van der Waals surface area contributed by atoms with Crippen LogP contribution < -0.4 is 9.80 Å². The van der Waals surface area contributed by atoms with Crippen molar-refractivity contribution in [3.8, 4) is 0 Å². The molecule has 1 N–H and O–H groups in total. The summed E-state index contributed by atoms with van der Waals surface area (Å²) in [5, 5.41) is 0. The largest absolute Gasteiger partial charge is 0.378 e. The van der Waals surface area contributed by atoms with Gasteiger partial charge in [0.05, 0.1) is 19.5 Å². The highest BCUT2D eigenvalue weighted by atomic mass is 16.5. The maximum Gasteiger partial charge on any atom is 0.182 e. The zero-order valence-electron chi connectivity index (χ0n) is 18.4. The first-order valence-corrected chi connectivity index (χ1v) is 11.8. The van der Waals surface area contributed by atoms with Crippen LogP contribution in [-0.2, 0) is 11.3 Å². The van der Waals surface area contributed by atoms with Crippen molar-refractivity contribution < 1.29 is 4.74 Å². The molecule has 0 unspecified atom stereocenters. The normalized spacial score (nSPS) is 24.6. The number of pyridine rings is 1. The lowest BCUT2D eigenvalue weighted by Gasteiger charge is -2.30. The number of nitrogens with one attached hydrogen (secondary N) is 1. The van der Waals surface area contributed by atoms with Crippen molar-refractivity contribution >= 4 is 22.8 Å². The quantitative estimate of drug-likeness (QED) is 0.668. The fourth-order valence-corrected chi connectivity index (χ4v) is 5.52. The molecule has 0 aromatic carbocycles. The predicted molar refractivity (Wildman–Crippen MR) is 123 cm³/mol. The molecule has 2 atom stereocenters. The van der Waals surface area contributed by atoms with Gasteiger partial charge in [-0.3, -0.25) is 4.90 Å². The van der Waals surface area contributed by atoms with Crippen LogP contribution in [0.3, 0.4) is 0 Å². The third-order valence-corrected chi connectivity index (χ3v) is 7.18. The molecular formula is C23H30N8O. The summed E-state index contributed by atoms with van der Waals surface area (Å²) in [4.78, 5) is 28.6. The van der Waals surface area contributed by atoms with Crippen LogP contribution in [-0.4, -0.2) is 81.8 Å². The van der Waals surface area contributed by atoms with E-state index in [0.717, 1.165) is 75.3 Å². The Labute approximate surface area is 187 Å². The molecule has 9 nitrogen and oxygen atoms in total. The maximum absolute atomic E-state index is 5.46. The minimum absolute atomic E-state index is 0.532. The minimum Gasteiger partial charge on any atom is -0.378 e. The number of imidazole rings is 1. The molecule has 3 aromatic rings. The highest BCUT2D eigenvalue weighted by Gasteiger charge is 2.38. The summed E-state index contributed by atoms with van der Waals surface area (Å²) in [7, 11) is 0. The average molecular weight is 435 g/mol. The number of rotatable bonds is 4. The molecule has 0 radical (unpaired) electrons. The summed E-state index contributed by atoms with van der Waals surface area (Å²) in [6, 6.07) is 4.96. The van der Waals surface area contributed by atoms with E-state index >= 15 is 0 Å². The van der Waals surface area contributed by atoms with Gasteiger partial charge < -0.3 is 19.5 Å². The van der Waals surface area contributed by atoms with Crippen molar-refractivity contribution in [3.05, 3.63) is 36.5 Å². The SMILES string of the molecule is c1nc(N2C[C@@H]3CCCCN(Cc4ccc(N5CCOCC5)nc4)[C@@H]3C2)c2[nH]cnc2n1. The lowest BCUT2D eigenvalue weighted by Crippen LogP contribution is -2.40. The van der Waals surface area contributed by atoms with E-state index in [4.69, 9.17) is 9.72 Å². The number of aromatic nitrogens is 5.